The van der Waals surface area contributed by atoms with Crippen LogP contribution in [0, 0.1) is 21.4 Å². The van der Waals surface area contributed by atoms with Crippen LogP contribution in [0.4, 0.5) is 10.5 Å². The number of aromatic hydroxyl groups is 1. The summed E-state index contributed by atoms with van der Waals surface area (Å²) in [6.07, 6.45) is 0.824. The monoisotopic (exact) mass is 443 g/mol. The van der Waals surface area contributed by atoms with E-state index in [4.69, 9.17) is 23.2 Å². The minimum absolute atomic E-state index is 0.0443. The number of hydrogen-bond donors (Lipinski definition) is 4. The summed E-state index contributed by atoms with van der Waals surface area (Å²) in [5.41, 5.74) is 3.56. The highest BCUT2D eigenvalue weighted by Gasteiger charge is 2.32. The van der Waals surface area contributed by atoms with Gasteiger partial charge in [-0.25, -0.2) is 13.2 Å². The fourth-order valence-electron chi connectivity index (χ4n) is 2.42. The number of urea groups is 1. The van der Waals surface area contributed by atoms with E-state index in [1.165, 1.54) is 0 Å². The van der Waals surface area contributed by atoms with Crippen LogP contribution in [0.25, 0.3) is 0 Å². The van der Waals surface area contributed by atoms with E-state index in [9.17, 15) is 33.2 Å². The molecule has 1 aromatic carbocycles. The van der Waals surface area contributed by atoms with E-state index < -0.39 is 60.4 Å². The summed E-state index contributed by atoms with van der Waals surface area (Å²) in [7, 11) is -3.75. The van der Waals surface area contributed by atoms with Crippen LogP contribution in [0.5, 0.6) is 5.75 Å². The topological polar surface area (TPSA) is 206 Å². The van der Waals surface area contributed by atoms with Gasteiger partial charge in [0.15, 0.2) is 0 Å². The van der Waals surface area contributed by atoms with E-state index in [1.54, 1.807) is 6.07 Å². The number of nitrogens with two attached hydrogens (primary N) is 1. The van der Waals surface area contributed by atoms with Crippen molar-refractivity contribution in [1.29, 1.82) is 5.26 Å². The minimum atomic E-state index is -3.75. The maximum Gasteiger partial charge on any atom is 0.317 e. The molecule has 1 unspecified atom stereocenters. The average molecular weight is 443 g/mol. The molecular weight excluding hydrogens is 426 g/mol. The molecule has 0 fully saturated rings. The van der Waals surface area contributed by atoms with Gasteiger partial charge in [-0.15, -0.1) is 0 Å². The molecule has 1 atom stereocenters. The molecule has 0 aliphatic heterocycles. The van der Waals surface area contributed by atoms with E-state index in [1.807, 2.05) is 5.32 Å². The van der Waals surface area contributed by atoms with E-state index in [0.29, 0.717) is 0 Å². The number of carbonyl (C=O) groups is 2. The van der Waals surface area contributed by atoms with E-state index >= 15 is 0 Å². The highest BCUT2D eigenvalue weighted by atomic mass is 32.2. The van der Waals surface area contributed by atoms with Gasteiger partial charge < -0.3 is 16.2 Å². The first-order valence-corrected chi connectivity index (χ1v) is 10.3. The second kappa shape index (κ2) is 9.75. The Balaban J connectivity index is 3.64. The predicted molar refractivity (Wildman–Crippen MR) is 105 cm³/mol. The average Bonchev–Trinajstić information content (AvgIpc) is 2.57. The second-order valence-electron chi connectivity index (χ2n) is 5.82. The third-order valence-corrected chi connectivity index (χ3v) is 4.79. The number of rotatable bonds is 8. The molecule has 156 valence electrons. The third kappa shape index (κ3) is 6.66. The number of nitro groups is 1. The summed E-state index contributed by atoms with van der Waals surface area (Å²) in [6.45, 7) is -0.0755. The van der Waals surface area contributed by atoms with E-state index in [2.05, 4.69) is 5.32 Å². The summed E-state index contributed by atoms with van der Waals surface area (Å²) in [5, 5.41) is 34.4. The molecule has 0 saturated heterocycles. The summed E-state index contributed by atoms with van der Waals surface area (Å²) in [4.78, 5) is 33.4. The van der Waals surface area contributed by atoms with Gasteiger partial charge in [0.1, 0.15) is 14.8 Å². The number of nitro benzene ring substituents is 1. The molecule has 0 heterocycles. The second-order valence-corrected chi connectivity index (χ2v) is 8.41. The molecule has 0 aromatic heterocycles. The maximum absolute atomic E-state index is 12.6. The van der Waals surface area contributed by atoms with Crippen LogP contribution in [0.1, 0.15) is 23.5 Å². The lowest BCUT2D eigenvalue weighted by atomic mass is 9.93. The van der Waals surface area contributed by atoms with Crippen LogP contribution >= 0.6 is 12.2 Å². The van der Waals surface area contributed by atoms with Crippen LogP contribution in [-0.2, 0) is 14.6 Å². The number of phenols is 1. The lowest BCUT2D eigenvalue weighted by Gasteiger charge is -2.20. The van der Waals surface area contributed by atoms with Gasteiger partial charge in [0.05, 0.1) is 34.6 Å². The van der Waals surface area contributed by atoms with Gasteiger partial charge in [-0.3, -0.25) is 20.2 Å². The Hall–Kier alpha value is -3.31. The number of carbonyl (C=O) groups excluding carboxylic acids is 2. The Bertz CT molecular complexity index is 1000. The summed E-state index contributed by atoms with van der Waals surface area (Å²) in [6, 6.07) is 2.60. The molecule has 12 nitrogen and oxygen atoms in total. The smallest absolute Gasteiger partial charge is 0.317 e. The first-order valence-electron chi connectivity index (χ1n) is 7.82. The first-order chi connectivity index (χ1) is 13.4. The molecule has 0 aliphatic rings. The summed E-state index contributed by atoms with van der Waals surface area (Å²) < 4.78 is 23.7. The Morgan fingerprint density at radius 2 is 2.07 bits per heavy atom. The van der Waals surface area contributed by atoms with Gasteiger partial charge in [0.2, 0.25) is 11.7 Å². The normalized spacial score (nSPS) is 11.7. The SMILES string of the molecule is CS(=O)(=O)CC(C(=O)NCCC#N)c1ccc([N+](=O)[O-])c(O)c1C(=S)NC(N)=O. The largest absolute Gasteiger partial charge is 0.502 e. The molecule has 0 saturated carbocycles. The maximum atomic E-state index is 12.6. The van der Waals surface area contributed by atoms with Crippen LogP contribution in [0.3, 0.4) is 0 Å². The van der Waals surface area contributed by atoms with Gasteiger partial charge in [0.25, 0.3) is 0 Å². The van der Waals surface area contributed by atoms with Crippen molar-refractivity contribution >= 4 is 44.7 Å². The first kappa shape index (κ1) is 23.7. The number of nitrogens with zero attached hydrogens (tertiary/aromatic N) is 2. The zero-order valence-corrected chi connectivity index (χ0v) is 16.7. The molecule has 29 heavy (non-hydrogen) atoms. The number of amides is 3. The van der Waals surface area contributed by atoms with Crippen LogP contribution in [-0.4, -0.2) is 53.9 Å². The van der Waals surface area contributed by atoms with Gasteiger partial charge in [-0.1, -0.05) is 18.3 Å². The zero-order valence-electron chi connectivity index (χ0n) is 15.0. The molecule has 5 N–H and O–H groups in total. The van der Waals surface area contributed by atoms with Crippen LogP contribution in [0.2, 0.25) is 0 Å². The molecule has 1 aromatic rings. The standard InChI is InChI=1S/C15H17N5O7S2/c1-29(26,27)7-9(13(22)18-6-2-5-16)8-3-4-10(20(24)25)12(21)11(8)14(28)19-15(17)23/h3-4,9,21H,2,6-7H2,1H3,(H,18,22)(H3,17,19,23,28). The fourth-order valence-corrected chi connectivity index (χ4v) is 3.67. The Morgan fingerprint density at radius 1 is 1.45 bits per heavy atom. The van der Waals surface area contributed by atoms with Crippen molar-refractivity contribution in [2.75, 3.05) is 18.6 Å². The lowest BCUT2D eigenvalue weighted by molar-refractivity contribution is -0.385. The van der Waals surface area contributed by atoms with Gasteiger partial charge in [0, 0.05) is 18.9 Å². The summed E-state index contributed by atoms with van der Waals surface area (Å²) in [5.74, 6) is -3.95. The number of hydrogen-bond acceptors (Lipinski definition) is 9. The fraction of sp³-hybridized carbons (Fsp3) is 0.333. The van der Waals surface area contributed by atoms with Crippen molar-refractivity contribution < 1.29 is 28.0 Å². The number of phenolic OH excluding ortho intramolecular Hbond substituents is 1. The molecule has 14 heteroatoms. The van der Waals surface area contributed by atoms with Crippen molar-refractivity contribution in [2.24, 2.45) is 5.73 Å². The molecule has 0 radical (unpaired) electrons. The van der Waals surface area contributed by atoms with Crippen LogP contribution < -0.4 is 16.4 Å². The van der Waals surface area contributed by atoms with Crippen molar-refractivity contribution in [3.8, 4) is 11.8 Å². The van der Waals surface area contributed by atoms with Crippen molar-refractivity contribution in [3.05, 3.63) is 33.4 Å². The number of primary amides is 1. The highest BCUT2D eigenvalue weighted by Crippen LogP contribution is 2.36. The molecule has 0 bridgehead atoms. The Labute approximate surface area is 170 Å². The Kier molecular flexibility index (Phi) is 7.98. The van der Waals surface area contributed by atoms with Crippen molar-refractivity contribution in [2.45, 2.75) is 12.3 Å². The number of sulfone groups is 1. The number of nitriles is 1. The molecular formula is C15H17N5O7S2. The molecule has 3 amide bonds. The number of benzene rings is 1. The van der Waals surface area contributed by atoms with Crippen molar-refractivity contribution in [1.82, 2.24) is 10.6 Å². The quantitative estimate of drug-likeness (QED) is 0.181. The summed E-state index contributed by atoms with van der Waals surface area (Å²) >= 11 is 4.95. The van der Waals surface area contributed by atoms with Gasteiger partial charge >= 0.3 is 11.7 Å². The highest BCUT2D eigenvalue weighted by molar-refractivity contribution is 7.90. The van der Waals surface area contributed by atoms with Gasteiger partial charge in [-0.05, 0) is 5.56 Å². The zero-order chi connectivity index (χ0) is 22.4. The minimum Gasteiger partial charge on any atom is -0.502 e. The molecule has 0 spiro atoms. The van der Waals surface area contributed by atoms with Crippen LogP contribution in [0.15, 0.2) is 12.1 Å². The third-order valence-electron chi connectivity index (χ3n) is 3.55. The number of nitrogens with one attached hydrogen (secondary N) is 2. The van der Waals surface area contributed by atoms with Crippen molar-refractivity contribution in [3.63, 3.8) is 0 Å². The van der Waals surface area contributed by atoms with Gasteiger partial charge in [-0.2, -0.15) is 5.26 Å². The Morgan fingerprint density at radius 3 is 2.55 bits per heavy atom. The number of thiocarbonyl (C=S) groups is 1. The molecule has 0 aliphatic carbocycles. The lowest BCUT2D eigenvalue weighted by Crippen LogP contribution is -2.37. The van der Waals surface area contributed by atoms with E-state index in [0.717, 1.165) is 18.4 Å². The predicted octanol–water partition coefficient (Wildman–Crippen LogP) is -0.198. The molecule has 1 rings (SSSR count). The van der Waals surface area contributed by atoms with E-state index in [-0.39, 0.29) is 18.5 Å².